The molecule has 0 aromatic heterocycles. The fourth-order valence-corrected chi connectivity index (χ4v) is 2.41. The van der Waals surface area contributed by atoms with E-state index >= 15 is 0 Å². The first kappa shape index (κ1) is 15.8. The van der Waals surface area contributed by atoms with Crippen LogP contribution in [0.15, 0.2) is 36.4 Å². The molecule has 2 aromatic rings. The first-order valence-corrected chi connectivity index (χ1v) is 6.85. The molecule has 2 aromatic carbocycles. The van der Waals surface area contributed by atoms with E-state index in [-0.39, 0.29) is 12.3 Å². The Balaban J connectivity index is 2.63. The van der Waals surface area contributed by atoms with Crippen LogP contribution in [0.1, 0.15) is 30.9 Å². The maximum Gasteiger partial charge on any atom is 0.335 e. The van der Waals surface area contributed by atoms with E-state index < -0.39 is 17.4 Å². The Bertz CT molecular complexity index is 626. The van der Waals surface area contributed by atoms with E-state index in [2.05, 4.69) is 6.92 Å². The normalized spacial score (nSPS) is 12.9. The lowest BCUT2D eigenvalue weighted by molar-refractivity contribution is -0.204. The van der Waals surface area contributed by atoms with Crippen molar-refractivity contribution < 1.29 is 17.6 Å². The number of aryl methyl sites for hydroxylation is 1. The maximum absolute atomic E-state index is 14.0. The Hall–Kier alpha value is -1.58. The SMILES string of the molecule is [CH2]CCCc1ccc(C(F)(F)C(C)(F)F)c2ccccc12. The first-order valence-electron chi connectivity index (χ1n) is 6.85. The lowest BCUT2D eigenvalue weighted by atomic mass is 9.92. The molecular weight excluding hydrogens is 280 g/mol. The van der Waals surface area contributed by atoms with E-state index in [0.29, 0.717) is 11.8 Å². The van der Waals surface area contributed by atoms with Crippen LogP contribution in [-0.2, 0) is 12.3 Å². The second-order valence-electron chi connectivity index (χ2n) is 5.24. The van der Waals surface area contributed by atoms with Gasteiger partial charge >= 0.3 is 11.8 Å². The maximum atomic E-state index is 14.0. The van der Waals surface area contributed by atoms with Gasteiger partial charge in [0.1, 0.15) is 0 Å². The molecule has 0 unspecified atom stereocenters. The molecule has 0 fully saturated rings. The van der Waals surface area contributed by atoms with Crippen LogP contribution in [0.4, 0.5) is 17.6 Å². The van der Waals surface area contributed by atoms with E-state index in [1.54, 1.807) is 18.2 Å². The van der Waals surface area contributed by atoms with Gasteiger partial charge in [0.05, 0.1) is 0 Å². The molecule has 0 heterocycles. The number of fused-ring (bicyclic) bond motifs is 1. The predicted molar refractivity (Wildman–Crippen MR) is 76.8 cm³/mol. The van der Waals surface area contributed by atoms with E-state index in [9.17, 15) is 17.6 Å². The minimum Gasteiger partial charge on any atom is -0.200 e. The van der Waals surface area contributed by atoms with Crippen LogP contribution >= 0.6 is 0 Å². The van der Waals surface area contributed by atoms with Gasteiger partial charge in [0, 0.05) is 12.5 Å². The molecule has 2 rings (SSSR count). The summed E-state index contributed by atoms with van der Waals surface area (Å²) < 4.78 is 54.6. The van der Waals surface area contributed by atoms with Crippen molar-refractivity contribution in [2.24, 2.45) is 0 Å². The monoisotopic (exact) mass is 297 g/mol. The van der Waals surface area contributed by atoms with Gasteiger partial charge in [-0.3, -0.25) is 0 Å². The molecule has 0 aliphatic carbocycles. The second-order valence-corrected chi connectivity index (χ2v) is 5.24. The van der Waals surface area contributed by atoms with Crippen LogP contribution in [0.25, 0.3) is 10.8 Å². The summed E-state index contributed by atoms with van der Waals surface area (Å²) in [5, 5.41) is 0.790. The second kappa shape index (κ2) is 5.66. The van der Waals surface area contributed by atoms with E-state index in [0.717, 1.165) is 24.5 Å². The van der Waals surface area contributed by atoms with Crippen molar-refractivity contribution in [3.63, 3.8) is 0 Å². The number of rotatable bonds is 5. The summed E-state index contributed by atoms with van der Waals surface area (Å²) in [5.74, 6) is -8.30. The molecule has 0 bridgehead atoms. The number of alkyl halides is 4. The van der Waals surface area contributed by atoms with Gasteiger partial charge < -0.3 is 0 Å². The number of benzene rings is 2. The molecule has 0 N–H and O–H groups in total. The van der Waals surface area contributed by atoms with Gasteiger partial charge in [-0.15, -0.1) is 0 Å². The van der Waals surface area contributed by atoms with E-state index in [4.69, 9.17) is 0 Å². The Morgan fingerprint density at radius 1 is 0.952 bits per heavy atom. The average molecular weight is 297 g/mol. The lowest BCUT2D eigenvalue weighted by Crippen LogP contribution is -2.35. The third kappa shape index (κ3) is 2.89. The number of unbranched alkanes of at least 4 members (excludes halogenated alkanes) is 1. The van der Waals surface area contributed by atoms with Crippen LogP contribution < -0.4 is 0 Å². The Morgan fingerprint density at radius 2 is 1.57 bits per heavy atom. The van der Waals surface area contributed by atoms with Gasteiger partial charge in [-0.1, -0.05) is 49.7 Å². The molecular formula is C17H17F4. The number of halogens is 4. The molecule has 0 saturated carbocycles. The van der Waals surface area contributed by atoms with Gasteiger partial charge in [-0.05, 0) is 29.2 Å². The van der Waals surface area contributed by atoms with Gasteiger partial charge in [-0.2, -0.15) is 17.6 Å². The molecule has 1 radical (unpaired) electrons. The zero-order valence-electron chi connectivity index (χ0n) is 11.8. The molecule has 0 nitrogen and oxygen atoms in total. The smallest absolute Gasteiger partial charge is 0.200 e. The Labute approximate surface area is 121 Å². The van der Waals surface area contributed by atoms with E-state index in [1.165, 1.54) is 12.1 Å². The van der Waals surface area contributed by atoms with Crippen LogP contribution in [0.5, 0.6) is 0 Å². The van der Waals surface area contributed by atoms with Crippen molar-refractivity contribution in [1.29, 1.82) is 0 Å². The Morgan fingerprint density at radius 3 is 2.14 bits per heavy atom. The minimum atomic E-state index is -4.20. The molecule has 113 valence electrons. The summed E-state index contributed by atoms with van der Waals surface area (Å²) in [5.41, 5.74) is 0.261. The first-order chi connectivity index (χ1) is 9.79. The topological polar surface area (TPSA) is 0 Å². The van der Waals surface area contributed by atoms with Crippen molar-refractivity contribution in [2.45, 2.75) is 38.0 Å². The third-order valence-electron chi connectivity index (χ3n) is 3.60. The van der Waals surface area contributed by atoms with Gasteiger partial charge in [0.25, 0.3) is 0 Å². The summed E-state index contributed by atoms with van der Waals surface area (Å²) in [6, 6.07) is 9.12. The van der Waals surface area contributed by atoms with Gasteiger partial charge in [0.2, 0.25) is 0 Å². The molecule has 0 amide bonds. The zero-order valence-corrected chi connectivity index (χ0v) is 11.8. The van der Waals surface area contributed by atoms with Crippen molar-refractivity contribution in [2.75, 3.05) is 0 Å². The quantitative estimate of drug-likeness (QED) is 0.617. The molecule has 4 heteroatoms. The molecule has 21 heavy (non-hydrogen) atoms. The van der Waals surface area contributed by atoms with Crippen LogP contribution in [0, 0.1) is 6.92 Å². The number of hydrogen-bond acceptors (Lipinski definition) is 0. The van der Waals surface area contributed by atoms with Crippen molar-refractivity contribution in [1.82, 2.24) is 0 Å². The third-order valence-corrected chi connectivity index (χ3v) is 3.60. The predicted octanol–water partition coefficient (Wildman–Crippen LogP) is 5.74. The lowest BCUT2D eigenvalue weighted by Gasteiger charge is -2.25. The van der Waals surface area contributed by atoms with Gasteiger partial charge in [0.15, 0.2) is 0 Å². The average Bonchev–Trinajstić information content (AvgIpc) is 2.43. The molecule has 0 aliphatic rings. The fraction of sp³-hybridized carbons (Fsp3) is 0.353. The zero-order chi connectivity index (χ0) is 15.7. The van der Waals surface area contributed by atoms with Crippen molar-refractivity contribution in [3.8, 4) is 0 Å². The van der Waals surface area contributed by atoms with Crippen LogP contribution in [-0.4, -0.2) is 5.92 Å². The van der Waals surface area contributed by atoms with Gasteiger partial charge in [-0.25, -0.2) is 0 Å². The van der Waals surface area contributed by atoms with Crippen LogP contribution in [0.3, 0.4) is 0 Å². The molecule has 0 aliphatic heterocycles. The standard InChI is InChI=1S/C17H17F4/c1-3-4-7-12-10-11-15(17(20,21)16(2,18)19)14-9-6-5-8-13(12)14/h5-6,8-11H,1,3-4,7H2,2H3. The summed E-state index contributed by atoms with van der Waals surface area (Å²) in [4.78, 5) is 0. The largest absolute Gasteiger partial charge is 0.335 e. The number of hydrogen-bond donors (Lipinski definition) is 0. The summed E-state index contributed by atoms with van der Waals surface area (Å²) in [7, 11) is 0. The van der Waals surface area contributed by atoms with Crippen LogP contribution in [0.2, 0.25) is 0 Å². The fourth-order valence-electron chi connectivity index (χ4n) is 2.41. The highest BCUT2D eigenvalue weighted by Gasteiger charge is 2.54. The molecule has 0 atom stereocenters. The highest BCUT2D eigenvalue weighted by Crippen LogP contribution is 2.45. The van der Waals surface area contributed by atoms with Crippen molar-refractivity contribution in [3.05, 3.63) is 54.4 Å². The highest BCUT2D eigenvalue weighted by atomic mass is 19.3. The summed E-state index contributed by atoms with van der Waals surface area (Å²) >= 11 is 0. The summed E-state index contributed by atoms with van der Waals surface area (Å²) in [6.45, 7) is 4.00. The molecule has 0 saturated heterocycles. The Kier molecular flexibility index (Phi) is 4.26. The highest BCUT2D eigenvalue weighted by molar-refractivity contribution is 5.89. The van der Waals surface area contributed by atoms with Crippen molar-refractivity contribution >= 4 is 10.8 Å². The minimum absolute atomic E-state index is 0.186. The van der Waals surface area contributed by atoms with E-state index in [1.807, 2.05) is 0 Å². The molecule has 0 spiro atoms. The summed E-state index contributed by atoms with van der Waals surface area (Å²) in [6.07, 6.45) is 2.25.